The molecule has 0 heterocycles. The third-order valence-electron chi connectivity index (χ3n) is 3.34. The number of ketones is 1. The van der Waals surface area contributed by atoms with E-state index in [0.717, 1.165) is 0 Å². The molecule has 0 spiro atoms. The average molecular weight is 372 g/mol. The second-order valence-corrected chi connectivity index (χ2v) is 7.95. The molecular formula is C16H15Cl2NO3S. The van der Waals surface area contributed by atoms with Crippen molar-refractivity contribution in [1.29, 1.82) is 0 Å². The van der Waals surface area contributed by atoms with Crippen molar-refractivity contribution in [3.63, 3.8) is 0 Å². The normalized spacial score (nSPS) is 11.7. The zero-order chi connectivity index (χ0) is 17.2. The topological polar surface area (TPSA) is 54.5 Å². The Balaban J connectivity index is 2.29. The van der Waals surface area contributed by atoms with Crippen LogP contribution in [0.5, 0.6) is 0 Å². The molecule has 0 amide bonds. The Bertz CT molecular complexity index is 850. The van der Waals surface area contributed by atoms with Crippen LogP contribution in [0.1, 0.15) is 22.8 Å². The van der Waals surface area contributed by atoms with E-state index < -0.39 is 10.0 Å². The lowest BCUT2D eigenvalue weighted by Crippen LogP contribution is -2.26. The molecule has 23 heavy (non-hydrogen) atoms. The van der Waals surface area contributed by atoms with Crippen molar-refractivity contribution in [2.45, 2.75) is 18.4 Å². The lowest BCUT2D eigenvalue weighted by atomic mass is 10.2. The molecule has 2 aromatic rings. The Morgan fingerprint density at radius 2 is 1.78 bits per heavy atom. The van der Waals surface area contributed by atoms with Crippen LogP contribution >= 0.6 is 23.2 Å². The van der Waals surface area contributed by atoms with Crippen LogP contribution in [-0.2, 0) is 16.6 Å². The van der Waals surface area contributed by atoms with Gasteiger partial charge in [-0.2, -0.15) is 4.31 Å². The molecule has 4 nitrogen and oxygen atoms in total. The van der Waals surface area contributed by atoms with Crippen molar-refractivity contribution in [3.8, 4) is 0 Å². The SMILES string of the molecule is CC(=O)c1cccc(S(=O)(=O)N(C)Cc2ccc(Cl)c(Cl)c2)c1. The number of nitrogens with zero attached hydrogens (tertiary/aromatic N) is 1. The molecule has 2 rings (SSSR count). The molecule has 0 radical (unpaired) electrons. The highest BCUT2D eigenvalue weighted by atomic mass is 35.5. The summed E-state index contributed by atoms with van der Waals surface area (Å²) in [4.78, 5) is 11.5. The Hall–Kier alpha value is -1.40. The minimum absolute atomic E-state index is 0.0766. The number of halogens is 2. The van der Waals surface area contributed by atoms with Crippen LogP contribution in [0.3, 0.4) is 0 Å². The van der Waals surface area contributed by atoms with E-state index in [9.17, 15) is 13.2 Å². The van der Waals surface area contributed by atoms with Gasteiger partial charge in [0.05, 0.1) is 14.9 Å². The van der Waals surface area contributed by atoms with Crippen molar-refractivity contribution in [2.24, 2.45) is 0 Å². The lowest BCUT2D eigenvalue weighted by Gasteiger charge is -2.18. The molecule has 0 saturated heterocycles. The van der Waals surface area contributed by atoms with E-state index in [1.807, 2.05) is 0 Å². The summed E-state index contributed by atoms with van der Waals surface area (Å²) in [5.41, 5.74) is 1.07. The molecule has 122 valence electrons. The van der Waals surface area contributed by atoms with Gasteiger partial charge in [0, 0.05) is 19.2 Å². The number of benzene rings is 2. The van der Waals surface area contributed by atoms with Gasteiger partial charge in [-0.3, -0.25) is 4.79 Å². The van der Waals surface area contributed by atoms with Gasteiger partial charge in [-0.25, -0.2) is 8.42 Å². The highest BCUT2D eigenvalue weighted by Crippen LogP contribution is 2.24. The largest absolute Gasteiger partial charge is 0.295 e. The highest BCUT2D eigenvalue weighted by Gasteiger charge is 2.21. The lowest BCUT2D eigenvalue weighted by molar-refractivity contribution is 0.101. The van der Waals surface area contributed by atoms with Gasteiger partial charge in [0.1, 0.15) is 0 Å². The van der Waals surface area contributed by atoms with E-state index in [-0.39, 0.29) is 17.2 Å². The Morgan fingerprint density at radius 1 is 1.09 bits per heavy atom. The van der Waals surface area contributed by atoms with Gasteiger partial charge >= 0.3 is 0 Å². The van der Waals surface area contributed by atoms with Crippen LogP contribution in [0.4, 0.5) is 0 Å². The monoisotopic (exact) mass is 371 g/mol. The first-order chi connectivity index (χ1) is 10.7. The maximum Gasteiger partial charge on any atom is 0.243 e. The summed E-state index contributed by atoms with van der Waals surface area (Å²) in [6.45, 7) is 1.54. The van der Waals surface area contributed by atoms with Crippen molar-refractivity contribution >= 4 is 39.0 Å². The number of carbonyl (C=O) groups excluding carboxylic acids is 1. The second-order valence-electron chi connectivity index (χ2n) is 5.09. The Kier molecular flexibility index (Phi) is 5.47. The van der Waals surface area contributed by atoms with Gasteiger partial charge in [-0.05, 0) is 36.8 Å². The number of carbonyl (C=O) groups is 1. The molecule has 0 aliphatic carbocycles. The number of rotatable bonds is 5. The van der Waals surface area contributed by atoms with Crippen molar-refractivity contribution < 1.29 is 13.2 Å². The minimum Gasteiger partial charge on any atom is -0.295 e. The van der Waals surface area contributed by atoms with Crippen LogP contribution < -0.4 is 0 Å². The fourth-order valence-corrected chi connectivity index (χ4v) is 3.56. The quantitative estimate of drug-likeness (QED) is 0.745. The molecule has 0 aliphatic heterocycles. The van der Waals surface area contributed by atoms with E-state index in [0.29, 0.717) is 21.2 Å². The van der Waals surface area contributed by atoms with Crippen LogP contribution in [0.2, 0.25) is 10.0 Å². The number of Topliss-reactive ketones (excluding diaryl/α,β-unsaturated/α-hetero) is 1. The third kappa shape index (κ3) is 4.12. The van der Waals surface area contributed by atoms with E-state index in [2.05, 4.69) is 0 Å². The zero-order valence-corrected chi connectivity index (χ0v) is 14.9. The van der Waals surface area contributed by atoms with E-state index >= 15 is 0 Å². The minimum atomic E-state index is -3.71. The fraction of sp³-hybridized carbons (Fsp3) is 0.188. The number of hydrogen-bond donors (Lipinski definition) is 0. The number of sulfonamides is 1. The van der Waals surface area contributed by atoms with Gasteiger partial charge in [0.15, 0.2) is 5.78 Å². The smallest absolute Gasteiger partial charge is 0.243 e. The standard InChI is InChI=1S/C16H15Cl2NO3S/c1-11(20)13-4-3-5-14(9-13)23(21,22)19(2)10-12-6-7-15(17)16(18)8-12/h3-9H,10H2,1-2H3. The summed E-state index contributed by atoms with van der Waals surface area (Å²) in [5.74, 6) is -0.186. The third-order valence-corrected chi connectivity index (χ3v) is 5.88. The molecule has 0 saturated carbocycles. The summed E-state index contributed by atoms with van der Waals surface area (Å²) in [7, 11) is -2.24. The average Bonchev–Trinajstić information content (AvgIpc) is 2.51. The number of hydrogen-bond acceptors (Lipinski definition) is 3. The van der Waals surface area contributed by atoms with Crippen LogP contribution in [0, 0.1) is 0 Å². The predicted octanol–water partition coefficient (Wildman–Crippen LogP) is 4.02. The van der Waals surface area contributed by atoms with Crippen LogP contribution in [0.15, 0.2) is 47.4 Å². The molecule has 0 aliphatic rings. The summed E-state index contributed by atoms with van der Waals surface area (Å²) in [5, 5.41) is 0.781. The first-order valence-electron chi connectivity index (χ1n) is 6.73. The van der Waals surface area contributed by atoms with Crippen LogP contribution in [0.25, 0.3) is 0 Å². The van der Waals surface area contributed by atoms with E-state index in [1.165, 1.54) is 30.4 Å². The summed E-state index contributed by atoms with van der Waals surface area (Å²) in [6.07, 6.45) is 0. The first-order valence-corrected chi connectivity index (χ1v) is 8.92. The first kappa shape index (κ1) is 17.9. The van der Waals surface area contributed by atoms with E-state index in [4.69, 9.17) is 23.2 Å². The molecule has 0 N–H and O–H groups in total. The van der Waals surface area contributed by atoms with Gasteiger partial charge in [-0.15, -0.1) is 0 Å². The molecule has 2 aromatic carbocycles. The van der Waals surface area contributed by atoms with Gasteiger partial charge < -0.3 is 0 Å². The molecule has 0 fully saturated rings. The predicted molar refractivity (Wildman–Crippen MR) is 91.6 cm³/mol. The Labute approximate surface area is 145 Å². The Morgan fingerprint density at radius 3 is 2.39 bits per heavy atom. The van der Waals surface area contributed by atoms with Crippen molar-refractivity contribution in [2.75, 3.05) is 7.05 Å². The maximum atomic E-state index is 12.6. The van der Waals surface area contributed by atoms with Crippen LogP contribution in [-0.4, -0.2) is 25.6 Å². The van der Waals surface area contributed by atoms with Gasteiger partial charge in [0.25, 0.3) is 0 Å². The van der Waals surface area contributed by atoms with Crippen molar-refractivity contribution in [3.05, 3.63) is 63.6 Å². The molecule has 0 atom stereocenters. The second kappa shape index (κ2) is 7.01. The van der Waals surface area contributed by atoms with Crippen molar-refractivity contribution in [1.82, 2.24) is 4.31 Å². The van der Waals surface area contributed by atoms with Gasteiger partial charge in [-0.1, -0.05) is 41.4 Å². The molecule has 7 heteroatoms. The summed E-state index contributed by atoms with van der Waals surface area (Å²) >= 11 is 11.8. The fourth-order valence-electron chi connectivity index (χ4n) is 2.04. The summed E-state index contributed by atoms with van der Waals surface area (Å²) in [6, 6.07) is 10.9. The zero-order valence-electron chi connectivity index (χ0n) is 12.6. The summed E-state index contributed by atoms with van der Waals surface area (Å²) < 4.78 is 26.4. The molecular weight excluding hydrogens is 357 g/mol. The van der Waals surface area contributed by atoms with Gasteiger partial charge in [0.2, 0.25) is 10.0 Å². The molecule has 0 aromatic heterocycles. The highest BCUT2D eigenvalue weighted by molar-refractivity contribution is 7.89. The molecule has 0 unspecified atom stereocenters. The molecule has 0 bridgehead atoms. The van der Waals surface area contributed by atoms with E-state index in [1.54, 1.807) is 30.3 Å². The maximum absolute atomic E-state index is 12.6.